The highest BCUT2D eigenvalue weighted by Gasteiger charge is 2.19. The summed E-state index contributed by atoms with van der Waals surface area (Å²) in [6.07, 6.45) is 2.27. The minimum Gasteiger partial charge on any atom is -0.397 e. The minimum atomic E-state index is 0.292. The fourth-order valence-corrected chi connectivity index (χ4v) is 2.11. The molecule has 4 heteroatoms. The van der Waals surface area contributed by atoms with Gasteiger partial charge >= 0.3 is 0 Å². The van der Waals surface area contributed by atoms with Crippen LogP contribution < -0.4 is 11.1 Å². The van der Waals surface area contributed by atoms with Crippen molar-refractivity contribution in [2.45, 2.75) is 31.9 Å². The van der Waals surface area contributed by atoms with Gasteiger partial charge < -0.3 is 15.8 Å². The predicted molar refractivity (Wildman–Crippen MR) is 67.6 cm³/mol. The molecule has 0 spiro atoms. The van der Waals surface area contributed by atoms with E-state index in [1.807, 2.05) is 6.07 Å². The second-order valence-electron chi connectivity index (χ2n) is 4.46. The summed E-state index contributed by atoms with van der Waals surface area (Å²) < 4.78 is 5.50. The third kappa shape index (κ3) is 2.89. The first-order valence-electron chi connectivity index (χ1n) is 5.87. The molecule has 0 saturated carbocycles. The van der Waals surface area contributed by atoms with Crippen molar-refractivity contribution in [1.29, 1.82) is 5.26 Å². The number of benzene rings is 1. The van der Waals surface area contributed by atoms with E-state index in [0.29, 0.717) is 23.4 Å². The maximum atomic E-state index is 8.77. The molecule has 1 aromatic rings. The average molecular weight is 231 g/mol. The number of anilines is 2. The summed E-state index contributed by atoms with van der Waals surface area (Å²) in [6, 6.07) is 7.82. The maximum absolute atomic E-state index is 8.77. The number of nitrogens with one attached hydrogen (secondary N) is 1. The topological polar surface area (TPSA) is 71.1 Å². The van der Waals surface area contributed by atoms with Gasteiger partial charge in [-0.3, -0.25) is 0 Å². The Morgan fingerprint density at radius 3 is 3.00 bits per heavy atom. The van der Waals surface area contributed by atoms with E-state index in [0.717, 1.165) is 25.1 Å². The lowest BCUT2D eigenvalue weighted by Gasteiger charge is -2.29. The molecular weight excluding hydrogens is 214 g/mol. The molecule has 0 bridgehead atoms. The molecule has 2 unspecified atom stereocenters. The van der Waals surface area contributed by atoms with Crippen molar-refractivity contribution in [1.82, 2.24) is 0 Å². The zero-order valence-corrected chi connectivity index (χ0v) is 9.94. The fraction of sp³-hybridized carbons (Fsp3) is 0.462. The SMILES string of the molecule is CC1CC(Nc2ccc(C#N)cc2N)CCO1. The van der Waals surface area contributed by atoms with Crippen LogP contribution in [0.1, 0.15) is 25.3 Å². The number of nitriles is 1. The number of rotatable bonds is 2. The van der Waals surface area contributed by atoms with Gasteiger partial charge in [-0.05, 0) is 38.0 Å². The molecule has 0 radical (unpaired) electrons. The second kappa shape index (κ2) is 5.07. The van der Waals surface area contributed by atoms with Crippen LogP contribution in [0.5, 0.6) is 0 Å². The van der Waals surface area contributed by atoms with Crippen LogP contribution in [0.15, 0.2) is 18.2 Å². The van der Waals surface area contributed by atoms with Crippen molar-refractivity contribution >= 4 is 11.4 Å². The summed E-state index contributed by atoms with van der Waals surface area (Å²) in [7, 11) is 0. The van der Waals surface area contributed by atoms with E-state index in [1.54, 1.807) is 12.1 Å². The third-order valence-corrected chi connectivity index (χ3v) is 3.03. The van der Waals surface area contributed by atoms with E-state index < -0.39 is 0 Å². The lowest BCUT2D eigenvalue weighted by atomic mass is 10.0. The zero-order valence-electron chi connectivity index (χ0n) is 9.94. The molecule has 1 heterocycles. The molecule has 17 heavy (non-hydrogen) atoms. The molecule has 2 rings (SSSR count). The quantitative estimate of drug-likeness (QED) is 0.765. The Bertz CT molecular complexity index is 439. The van der Waals surface area contributed by atoms with E-state index in [4.69, 9.17) is 15.7 Å². The van der Waals surface area contributed by atoms with Crippen molar-refractivity contribution in [3.63, 3.8) is 0 Å². The Morgan fingerprint density at radius 2 is 2.35 bits per heavy atom. The highest BCUT2D eigenvalue weighted by Crippen LogP contribution is 2.24. The van der Waals surface area contributed by atoms with Gasteiger partial charge in [0, 0.05) is 12.6 Å². The van der Waals surface area contributed by atoms with Crippen LogP contribution in [0.4, 0.5) is 11.4 Å². The molecule has 0 aromatic heterocycles. The van der Waals surface area contributed by atoms with Gasteiger partial charge in [-0.25, -0.2) is 0 Å². The highest BCUT2D eigenvalue weighted by molar-refractivity contribution is 5.68. The first-order valence-corrected chi connectivity index (χ1v) is 5.87. The average Bonchev–Trinajstić information content (AvgIpc) is 2.32. The lowest BCUT2D eigenvalue weighted by Crippen LogP contribution is -2.32. The summed E-state index contributed by atoms with van der Waals surface area (Å²) in [5, 5.41) is 12.2. The summed E-state index contributed by atoms with van der Waals surface area (Å²) in [5.41, 5.74) is 8.03. The molecule has 2 atom stereocenters. The molecule has 0 aliphatic carbocycles. The largest absolute Gasteiger partial charge is 0.397 e. The molecule has 4 nitrogen and oxygen atoms in total. The van der Waals surface area contributed by atoms with Gasteiger partial charge in [0.1, 0.15) is 0 Å². The van der Waals surface area contributed by atoms with E-state index in [2.05, 4.69) is 18.3 Å². The Morgan fingerprint density at radius 1 is 1.53 bits per heavy atom. The lowest BCUT2D eigenvalue weighted by molar-refractivity contribution is 0.0232. The molecule has 1 aliphatic rings. The number of hydrogen-bond donors (Lipinski definition) is 2. The second-order valence-corrected chi connectivity index (χ2v) is 4.46. The van der Waals surface area contributed by atoms with Gasteiger partial charge in [0.2, 0.25) is 0 Å². The molecule has 1 fully saturated rings. The van der Waals surface area contributed by atoms with E-state index >= 15 is 0 Å². The number of ether oxygens (including phenoxy) is 1. The first-order chi connectivity index (χ1) is 8.19. The molecular formula is C13H17N3O. The summed E-state index contributed by atoms with van der Waals surface area (Å²) >= 11 is 0. The Kier molecular flexibility index (Phi) is 3.50. The number of nitrogen functional groups attached to an aromatic ring is 1. The monoisotopic (exact) mass is 231 g/mol. The summed E-state index contributed by atoms with van der Waals surface area (Å²) in [5.74, 6) is 0. The molecule has 3 N–H and O–H groups in total. The van der Waals surface area contributed by atoms with Gasteiger partial charge in [-0.2, -0.15) is 5.26 Å². The van der Waals surface area contributed by atoms with Gasteiger partial charge in [0.25, 0.3) is 0 Å². The Labute approximate surface area is 101 Å². The van der Waals surface area contributed by atoms with Crippen LogP contribution in [0, 0.1) is 11.3 Å². The van der Waals surface area contributed by atoms with E-state index in [-0.39, 0.29) is 0 Å². The molecule has 1 aromatic carbocycles. The van der Waals surface area contributed by atoms with Crippen molar-refractivity contribution in [2.75, 3.05) is 17.7 Å². The van der Waals surface area contributed by atoms with Gasteiger partial charge in [0.05, 0.1) is 29.1 Å². The zero-order chi connectivity index (χ0) is 12.3. The van der Waals surface area contributed by atoms with Crippen LogP contribution in [-0.2, 0) is 4.74 Å². The minimum absolute atomic E-state index is 0.292. The first kappa shape index (κ1) is 11.7. The normalized spacial score (nSPS) is 24.0. The summed E-state index contributed by atoms with van der Waals surface area (Å²) in [6.45, 7) is 2.87. The van der Waals surface area contributed by atoms with Crippen LogP contribution in [0.3, 0.4) is 0 Å². The molecule has 1 saturated heterocycles. The van der Waals surface area contributed by atoms with E-state index in [1.165, 1.54) is 0 Å². The van der Waals surface area contributed by atoms with Crippen LogP contribution in [0.2, 0.25) is 0 Å². The van der Waals surface area contributed by atoms with Crippen LogP contribution in [0.25, 0.3) is 0 Å². The van der Waals surface area contributed by atoms with Crippen molar-refractivity contribution in [3.8, 4) is 6.07 Å². The standard InChI is InChI=1S/C13H17N3O/c1-9-6-11(4-5-17-9)16-13-3-2-10(8-14)7-12(13)15/h2-3,7,9,11,16H,4-6,15H2,1H3. The fourth-order valence-electron chi connectivity index (χ4n) is 2.11. The number of nitrogens with zero attached hydrogens (tertiary/aromatic N) is 1. The Hall–Kier alpha value is -1.73. The Balaban J connectivity index is 2.06. The highest BCUT2D eigenvalue weighted by atomic mass is 16.5. The third-order valence-electron chi connectivity index (χ3n) is 3.03. The van der Waals surface area contributed by atoms with Crippen LogP contribution >= 0.6 is 0 Å². The molecule has 90 valence electrons. The van der Waals surface area contributed by atoms with Crippen molar-refractivity contribution in [2.24, 2.45) is 0 Å². The van der Waals surface area contributed by atoms with Gasteiger partial charge in [-0.15, -0.1) is 0 Å². The van der Waals surface area contributed by atoms with Crippen LogP contribution in [-0.4, -0.2) is 18.8 Å². The summed E-state index contributed by atoms with van der Waals surface area (Å²) in [4.78, 5) is 0. The van der Waals surface area contributed by atoms with Gasteiger partial charge in [0.15, 0.2) is 0 Å². The number of nitrogens with two attached hydrogens (primary N) is 1. The maximum Gasteiger partial charge on any atom is 0.0992 e. The smallest absolute Gasteiger partial charge is 0.0992 e. The predicted octanol–water partition coefficient (Wildman–Crippen LogP) is 2.12. The van der Waals surface area contributed by atoms with Gasteiger partial charge in [-0.1, -0.05) is 0 Å². The number of hydrogen-bond acceptors (Lipinski definition) is 4. The van der Waals surface area contributed by atoms with Crippen molar-refractivity contribution in [3.05, 3.63) is 23.8 Å². The molecule has 1 aliphatic heterocycles. The van der Waals surface area contributed by atoms with Crippen molar-refractivity contribution < 1.29 is 4.74 Å². The molecule has 0 amide bonds. The van der Waals surface area contributed by atoms with E-state index in [9.17, 15) is 0 Å².